The molecule has 3 aliphatic rings. The molecular formula is C19H27NO. The highest BCUT2D eigenvalue weighted by molar-refractivity contribution is 5.20. The SMILES string of the molecule is c1ccc(OCCCC2(CNC3CC3)CC3CC3C2)cc1. The molecule has 0 amide bonds. The molecule has 0 heterocycles. The van der Waals surface area contributed by atoms with E-state index in [0.29, 0.717) is 5.41 Å². The second-order valence-electron chi connectivity index (χ2n) is 7.58. The van der Waals surface area contributed by atoms with Crippen molar-refractivity contribution in [2.75, 3.05) is 13.2 Å². The van der Waals surface area contributed by atoms with E-state index in [1.807, 2.05) is 18.2 Å². The van der Waals surface area contributed by atoms with Gasteiger partial charge in [-0.1, -0.05) is 18.2 Å². The lowest BCUT2D eigenvalue weighted by atomic mass is 9.78. The van der Waals surface area contributed by atoms with Gasteiger partial charge in [-0.15, -0.1) is 0 Å². The zero-order chi connectivity index (χ0) is 14.1. The smallest absolute Gasteiger partial charge is 0.119 e. The maximum absolute atomic E-state index is 5.87. The highest BCUT2D eigenvalue weighted by atomic mass is 16.5. The van der Waals surface area contributed by atoms with E-state index < -0.39 is 0 Å². The molecule has 3 saturated carbocycles. The average Bonchev–Trinajstić information content (AvgIpc) is 3.43. The van der Waals surface area contributed by atoms with Crippen molar-refractivity contribution in [2.24, 2.45) is 17.3 Å². The average molecular weight is 285 g/mol. The number of ether oxygens (including phenoxy) is 1. The Balaban J connectivity index is 1.24. The van der Waals surface area contributed by atoms with Crippen LogP contribution < -0.4 is 10.1 Å². The second-order valence-corrected chi connectivity index (χ2v) is 7.58. The Morgan fingerprint density at radius 2 is 1.86 bits per heavy atom. The van der Waals surface area contributed by atoms with E-state index in [1.54, 1.807) is 0 Å². The van der Waals surface area contributed by atoms with Crippen molar-refractivity contribution in [3.05, 3.63) is 30.3 Å². The molecule has 2 unspecified atom stereocenters. The van der Waals surface area contributed by atoms with Crippen LogP contribution >= 0.6 is 0 Å². The van der Waals surface area contributed by atoms with Gasteiger partial charge in [0, 0.05) is 12.6 Å². The fourth-order valence-electron chi connectivity index (χ4n) is 4.25. The lowest BCUT2D eigenvalue weighted by Crippen LogP contribution is -2.34. The predicted octanol–water partition coefficient (Wildman–Crippen LogP) is 4.01. The van der Waals surface area contributed by atoms with Crippen LogP contribution in [0, 0.1) is 17.3 Å². The molecule has 0 spiro atoms. The Bertz CT molecular complexity index is 458. The summed E-state index contributed by atoms with van der Waals surface area (Å²) in [5, 5.41) is 3.80. The lowest BCUT2D eigenvalue weighted by molar-refractivity contribution is 0.200. The maximum atomic E-state index is 5.87. The van der Waals surface area contributed by atoms with Gasteiger partial charge in [0.05, 0.1) is 6.61 Å². The summed E-state index contributed by atoms with van der Waals surface area (Å²) in [6, 6.07) is 11.1. The number of rotatable bonds is 8. The van der Waals surface area contributed by atoms with Crippen molar-refractivity contribution in [2.45, 2.75) is 51.0 Å². The normalized spacial score (nSPS) is 33.7. The molecule has 2 heteroatoms. The van der Waals surface area contributed by atoms with Crippen LogP contribution in [0.5, 0.6) is 5.75 Å². The Hall–Kier alpha value is -1.02. The van der Waals surface area contributed by atoms with Crippen LogP contribution in [0.4, 0.5) is 0 Å². The second kappa shape index (κ2) is 5.64. The van der Waals surface area contributed by atoms with Crippen molar-refractivity contribution < 1.29 is 4.74 Å². The van der Waals surface area contributed by atoms with Gasteiger partial charge in [-0.05, 0) is 74.3 Å². The van der Waals surface area contributed by atoms with Gasteiger partial charge in [-0.2, -0.15) is 0 Å². The van der Waals surface area contributed by atoms with Gasteiger partial charge in [0.1, 0.15) is 5.75 Å². The van der Waals surface area contributed by atoms with Crippen LogP contribution in [0.2, 0.25) is 0 Å². The number of para-hydroxylation sites is 1. The minimum Gasteiger partial charge on any atom is -0.494 e. The third-order valence-corrected chi connectivity index (χ3v) is 5.67. The highest BCUT2D eigenvalue weighted by Gasteiger charge is 2.53. The first kappa shape index (κ1) is 13.6. The Kier molecular flexibility index (Phi) is 3.66. The molecule has 21 heavy (non-hydrogen) atoms. The first-order valence-electron chi connectivity index (χ1n) is 8.74. The number of benzene rings is 1. The molecule has 3 fully saturated rings. The van der Waals surface area contributed by atoms with Crippen LogP contribution in [0.25, 0.3) is 0 Å². The van der Waals surface area contributed by atoms with Crippen molar-refractivity contribution >= 4 is 0 Å². The van der Waals surface area contributed by atoms with Crippen LogP contribution in [0.1, 0.15) is 44.9 Å². The van der Waals surface area contributed by atoms with E-state index in [-0.39, 0.29) is 0 Å². The van der Waals surface area contributed by atoms with E-state index >= 15 is 0 Å². The van der Waals surface area contributed by atoms with Gasteiger partial charge in [-0.3, -0.25) is 0 Å². The van der Waals surface area contributed by atoms with E-state index in [4.69, 9.17) is 4.74 Å². The summed E-state index contributed by atoms with van der Waals surface area (Å²) in [7, 11) is 0. The van der Waals surface area contributed by atoms with Gasteiger partial charge in [0.25, 0.3) is 0 Å². The molecule has 4 rings (SSSR count). The zero-order valence-corrected chi connectivity index (χ0v) is 12.9. The standard InChI is InChI=1S/C19H27NO/c1-2-5-18(6-3-1)21-10-4-9-19(14-20-17-7-8-17)12-15-11-16(15)13-19/h1-3,5-6,15-17,20H,4,7-14H2. The van der Waals surface area contributed by atoms with E-state index in [0.717, 1.165) is 30.2 Å². The fourth-order valence-corrected chi connectivity index (χ4v) is 4.25. The predicted molar refractivity (Wildman–Crippen MR) is 85.5 cm³/mol. The summed E-state index contributed by atoms with van der Waals surface area (Å²) in [6.07, 6.45) is 9.81. The van der Waals surface area contributed by atoms with Crippen LogP contribution in [-0.2, 0) is 0 Å². The minimum absolute atomic E-state index is 0.593. The molecule has 114 valence electrons. The highest BCUT2D eigenvalue weighted by Crippen LogP contribution is 2.61. The molecule has 1 aromatic carbocycles. The van der Waals surface area contributed by atoms with Crippen LogP contribution in [-0.4, -0.2) is 19.2 Å². The van der Waals surface area contributed by atoms with Crippen LogP contribution in [0.3, 0.4) is 0 Å². The fraction of sp³-hybridized carbons (Fsp3) is 0.684. The van der Waals surface area contributed by atoms with Gasteiger partial charge < -0.3 is 10.1 Å². The molecule has 1 N–H and O–H groups in total. The molecule has 1 aromatic rings. The minimum atomic E-state index is 0.593. The lowest BCUT2D eigenvalue weighted by Gasteiger charge is -2.31. The molecule has 0 saturated heterocycles. The number of hydrogen-bond donors (Lipinski definition) is 1. The van der Waals surface area contributed by atoms with Gasteiger partial charge >= 0.3 is 0 Å². The first-order valence-corrected chi connectivity index (χ1v) is 8.74. The molecule has 2 atom stereocenters. The zero-order valence-electron chi connectivity index (χ0n) is 12.9. The third kappa shape index (κ3) is 3.42. The maximum Gasteiger partial charge on any atom is 0.119 e. The largest absolute Gasteiger partial charge is 0.494 e. The van der Waals surface area contributed by atoms with Gasteiger partial charge in [0.15, 0.2) is 0 Å². The Morgan fingerprint density at radius 3 is 2.57 bits per heavy atom. The number of fused-ring (bicyclic) bond motifs is 1. The topological polar surface area (TPSA) is 21.3 Å². The summed E-state index contributed by atoms with van der Waals surface area (Å²) < 4.78 is 5.87. The Labute approximate surface area is 128 Å². The quantitative estimate of drug-likeness (QED) is 0.729. The van der Waals surface area contributed by atoms with Crippen molar-refractivity contribution in [1.82, 2.24) is 5.32 Å². The summed E-state index contributed by atoms with van der Waals surface area (Å²) in [6.45, 7) is 2.13. The summed E-state index contributed by atoms with van der Waals surface area (Å²) in [5.74, 6) is 3.15. The van der Waals surface area contributed by atoms with Crippen LogP contribution in [0.15, 0.2) is 30.3 Å². The molecule has 0 radical (unpaired) electrons. The molecular weight excluding hydrogens is 258 g/mol. The summed E-state index contributed by atoms with van der Waals surface area (Å²) in [5.41, 5.74) is 0.593. The molecule has 0 aromatic heterocycles. The number of hydrogen-bond acceptors (Lipinski definition) is 2. The van der Waals surface area contributed by atoms with E-state index in [2.05, 4.69) is 17.4 Å². The number of nitrogens with one attached hydrogen (secondary N) is 1. The molecule has 0 bridgehead atoms. The first-order chi connectivity index (χ1) is 10.3. The molecule has 0 aliphatic heterocycles. The van der Waals surface area contributed by atoms with Crippen molar-refractivity contribution in [1.29, 1.82) is 0 Å². The third-order valence-electron chi connectivity index (χ3n) is 5.67. The van der Waals surface area contributed by atoms with E-state index in [9.17, 15) is 0 Å². The molecule has 3 aliphatic carbocycles. The molecule has 2 nitrogen and oxygen atoms in total. The Morgan fingerprint density at radius 1 is 1.10 bits per heavy atom. The van der Waals surface area contributed by atoms with Gasteiger partial charge in [-0.25, -0.2) is 0 Å². The monoisotopic (exact) mass is 285 g/mol. The summed E-state index contributed by atoms with van der Waals surface area (Å²) in [4.78, 5) is 0. The van der Waals surface area contributed by atoms with E-state index in [1.165, 1.54) is 51.5 Å². The van der Waals surface area contributed by atoms with Crippen molar-refractivity contribution in [3.63, 3.8) is 0 Å². The van der Waals surface area contributed by atoms with Gasteiger partial charge in [0.2, 0.25) is 0 Å². The van der Waals surface area contributed by atoms with Crippen molar-refractivity contribution in [3.8, 4) is 5.75 Å². The summed E-state index contributed by atoms with van der Waals surface area (Å²) >= 11 is 0.